The molecule has 1 heterocycles. The third-order valence-corrected chi connectivity index (χ3v) is 4.68. The van der Waals surface area contributed by atoms with Crippen molar-refractivity contribution in [1.82, 2.24) is 15.6 Å². The predicted molar refractivity (Wildman–Crippen MR) is 107 cm³/mol. The first-order valence-corrected chi connectivity index (χ1v) is 9.73. The molecular formula is C19H28N4O2S. The number of rotatable bonds is 8. The van der Waals surface area contributed by atoms with E-state index < -0.39 is 0 Å². The highest BCUT2D eigenvalue weighted by molar-refractivity contribution is 7.09. The van der Waals surface area contributed by atoms with Crippen LogP contribution in [0.15, 0.2) is 28.6 Å². The number of ether oxygens (including phenoxy) is 1. The van der Waals surface area contributed by atoms with E-state index in [9.17, 15) is 5.11 Å². The summed E-state index contributed by atoms with van der Waals surface area (Å²) in [6.07, 6.45) is 0.801. The largest absolute Gasteiger partial charge is 0.504 e. The van der Waals surface area contributed by atoms with E-state index >= 15 is 0 Å². The molecule has 0 radical (unpaired) electrons. The lowest BCUT2D eigenvalue weighted by Gasteiger charge is -2.11. The second-order valence-electron chi connectivity index (χ2n) is 6.20. The summed E-state index contributed by atoms with van der Waals surface area (Å²) < 4.78 is 5.15. The Hall–Kier alpha value is -2.28. The molecule has 3 N–H and O–H groups in total. The Morgan fingerprint density at radius 2 is 2.15 bits per heavy atom. The van der Waals surface area contributed by atoms with Gasteiger partial charge in [-0.05, 0) is 37.0 Å². The summed E-state index contributed by atoms with van der Waals surface area (Å²) in [6, 6.07) is 5.40. The molecule has 0 bridgehead atoms. The van der Waals surface area contributed by atoms with E-state index in [1.165, 1.54) is 0 Å². The predicted octanol–water partition coefficient (Wildman–Crippen LogP) is 3.28. The van der Waals surface area contributed by atoms with Crippen LogP contribution in [0.4, 0.5) is 0 Å². The van der Waals surface area contributed by atoms with Gasteiger partial charge >= 0.3 is 0 Å². The van der Waals surface area contributed by atoms with Crippen molar-refractivity contribution in [1.29, 1.82) is 0 Å². The van der Waals surface area contributed by atoms with Gasteiger partial charge in [-0.15, -0.1) is 11.3 Å². The number of thiazole rings is 1. The summed E-state index contributed by atoms with van der Waals surface area (Å²) in [4.78, 5) is 9.23. The first kappa shape index (κ1) is 20.0. The van der Waals surface area contributed by atoms with Gasteiger partial charge in [0, 0.05) is 18.5 Å². The van der Waals surface area contributed by atoms with Crippen LogP contribution in [0.1, 0.15) is 43.0 Å². The number of aromatic nitrogens is 1. The molecular weight excluding hydrogens is 348 g/mol. The molecule has 0 aliphatic carbocycles. The van der Waals surface area contributed by atoms with Crippen molar-refractivity contribution in [3.8, 4) is 11.5 Å². The molecule has 1 aromatic heterocycles. The zero-order valence-corrected chi connectivity index (χ0v) is 16.7. The van der Waals surface area contributed by atoms with Crippen LogP contribution in [0.3, 0.4) is 0 Å². The van der Waals surface area contributed by atoms with Gasteiger partial charge in [-0.2, -0.15) is 0 Å². The van der Waals surface area contributed by atoms with E-state index in [0.717, 1.165) is 41.7 Å². The molecule has 2 aromatic rings. The maximum atomic E-state index is 9.66. The Morgan fingerprint density at radius 1 is 1.35 bits per heavy atom. The first-order chi connectivity index (χ1) is 12.5. The van der Waals surface area contributed by atoms with Gasteiger partial charge in [-0.25, -0.2) is 9.98 Å². The normalized spacial score (nSPS) is 11.7. The quantitative estimate of drug-likeness (QED) is 0.487. The summed E-state index contributed by atoms with van der Waals surface area (Å²) in [6.45, 7) is 8.43. The fourth-order valence-corrected chi connectivity index (χ4v) is 3.23. The molecule has 7 heteroatoms. The van der Waals surface area contributed by atoms with Crippen LogP contribution in [-0.4, -0.2) is 36.2 Å². The number of nitrogens with one attached hydrogen (secondary N) is 2. The first-order valence-electron chi connectivity index (χ1n) is 8.85. The second kappa shape index (κ2) is 10.0. The van der Waals surface area contributed by atoms with Gasteiger partial charge in [-0.3, -0.25) is 0 Å². The van der Waals surface area contributed by atoms with Crippen molar-refractivity contribution >= 4 is 17.3 Å². The van der Waals surface area contributed by atoms with Gasteiger partial charge in [0.25, 0.3) is 0 Å². The minimum Gasteiger partial charge on any atom is -0.504 e. The van der Waals surface area contributed by atoms with Gasteiger partial charge in [0.2, 0.25) is 0 Å². The van der Waals surface area contributed by atoms with Crippen LogP contribution in [-0.2, 0) is 13.0 Å². The number of nitrogens with zero attached hydrogens (tertiary/aromatic N) is 2. The minimum atomic E-state index is 0.156. The number of aliphatic imine (C=N–C) groups is 1. The lowest BCUT2D eigenvalue weighted by molar-refractivity contribution is 0.373. The van der Waals surface area contributed by atoms with Crippen LogP contribution >= 0.6 is 11.3 Å². The summed E-state index contributed by atoms with van der Waals surface area (Å²) in [7, 11) is 1.55. The highest BCUT2D eigenvalue weighted by atomic mass is 32.1. The number of hydrogen-bond donors (Lipinski definition) is 3. The Balaban J connectivity index is 1.90. The molecule has 142 valence electrons. The molecule has 2 rings (SSSR count). The number of aromatic hydroxyl groups is 1. The lowest BCUT2D eigenvalue weighted by atomic mass is 10.1. The van der Waals surface area contributed by atoms with Crippen LogP contribution < -0.4 is 15.4 Å². The van der Waals surface area contributed by atoms with Crippen molar-refractivity contribution in [2.45, 2.75) is 39.7 Å². The van der Waals surface area contributed by atoms with E-state index in [2.05, 4.69) is 39.8 Å². The van der Waals surface area contributed by atoms with Gasteiger partial charge in [0.1, 0.15) is 5.01 Å². The summed E-state index contributed by atoms with van der Waals surface area (Å²) in [5, 5.41) is 19.4. The van der Waals surface area contributed by atoms with E-state index in [0.29, 0.717) is 18.2 Å². The zero-order valence-electron chi connectivity index (χ0n) is 15.9. The Morgan fingerprint density at radius 3 is 2.81 bits per heavy atom. The Kier molecular flexibility index (Phi) is 7.72. The van der Waals surface area contributed by atoms with Gasteiger partial charge in [0.15, 0.2) is 17.5 Å². The molecule has 26 heavy (non-hydrogen) atoms. The van der Waals surface area contributed by atoms with E-state index in [4.69, 9.17) is 4.74 Å². The number of benzene rings is 1. The molecule has 0 spiro atoms. The van der Waals surface area contributed by atoms with Crippen molar-refractivity contribution < 1.29 is 9.84 Å². The third-order valence-electron chi connectivity index (χ3n) is 3.83. The van der Waals surface area contributed by atoms with Gasteiger partial charge in [-0.1, -0.05) is 19.9 Å². The number of phenols is 1. The molecule has 0 saturated carbocycles. The van der Waals surface area contributed by atoms with Crippen LogP contribution in [0.2, 0.25) is 0 Å². The topological polar surface area (TPSA) is 78.8 Å². The lowest BCUT2D eigenvalue weighted by Crippen LogP contribution is -2.38. The Labute approximate surface area is 159 Å². The zero-order chi connectivity index (χ0) is 18.9. The molecule has 0 unspecified atom stereocenters. The fourth-order valence-electron chi connectivity index (χ4n) is 2.35. The maximum Gasteiger partial charge on any atom is 0.191 e. The number of hydrogen-bond acceptors (Lipinski definition) is 5. The van der Waals surface area contributed by atoms with Gasteiger partial charge < -0.3 is 20.5 Å². The van der Waals surface area contributed by atoms with Gasteiger partial charge in [0.05, 0.1) is 19.3 Å². The molecule has 0 saturated heterocycles. The van der Waals surface area contributed by atoms with Crippen molar-refractivity contribution in [2.75, 3.05) is 20.2 Å². The minimum absolute atomic E-state index is 0.156. The molecule has 0 atom stereocenters. The Bertz CT molecular complexity index is 728. The fraction of sp³-hybridized carbons (Fsp3) is 0.474. The molecule has 6 nitrogen and oxygen atoms in total. The average Bonchev–Trinajstić information content (AvgIpc) is 3.10. The summed E-state index contributed by atoms with van der Waals surface area (Å²) in [5.74, 6) is 1.87. The van der Waals surface area contributed by atoms with E-state index in [1.807, 2.05) is 19.1 Å². The third kappa shape index (κ3) is 5.91. The molecule has 1 aromatic carbocycles. The molecule has 0 amide bonds. The van der Waals surface area contributed by atoms with Crippen molar-refractivity contribution in [3.63, 3.8) is 0 Å². The van der Waals surface area contributed by atoms with Crippen molar-refractivity contribution in [3.05, 3.63) is 39.8 Å². The smallest absolute Gasteiger partial charge is 0.191 e. The van der Waals surface area contributed by atoms with Crippen LogP contribution in [0.25, 0.3) is 0 Å². The molecule has 0 fully saturated rings. The van der Waals surface area contributed by atoms with Crippen LogP contribution in [0.5, 0.6) is 11.5 Å². The van der Waals surface area contributed by atoms with Crippen LogP contribution in [0, 0.1) is 0 Å². The van der Waals surface area contributed by atoms with Crippen molar-refractivity contribution in [2.24, 2.45) is 4.99 Å². The highest BCUT2D eigenvalue weighted by Crippen LogP contribution is 2.26. The maximum absolute atomic E-state index is 9.66. The summed E-state index contributed by atoms with van der Waals surface area (Å²) in [5.41, 5.74) is 2.21. The number of guanidine groups is 1. The molecule has 0 aliphatic rings. The standard InChI is InChI=1S/C19H28N4O2S/c1-5-20-19(22-11-18-23-15(12-26-18)13(2)3)21-9-8-14-6-7-16(24)17(10-14)25-4/h6-7,10,12-13,24H,5,8-9,11H2,1-4H3,(H2,20,21,22). The monoisotopic (exact) mass is 376 g/mol. The second-order valence-corrected chi connectivity index (χ2v) is 7.14. The van der Waals surface area contributed by atoms with E-state index in [1.54, 1.807) is 24.5 Å². The molecule has 0 aliphatic heterocycles. The highest BCUT2D eigenvalue weighted by Gasteiger charge is 2.06. The van der Waals surface area contributed by atoms with E-state index in [-0.39, 0.29) is 5.75 Å². The average molecular weight is 377 g/mol. The SMILES string of the molecule is CCNC(=NCc1nc(C(C)C)cs1)NCCc1ccc(O)c(OC)c1. The summed E-state index contributed by atoms with van der Waals surface area (Å²) >= 11 is 1.65. The number of methoxy groups -OCH3 is 1. The number of phenolic OH excluding ortho intramolecular Hbond substituents is 1.